The number of hydrogen-bond donors (Lipinski definition) is 2. The number of nitrogens with one attached hydrogen (secondary N) is 2. The van der Waals surface area contributed by atoms with E-state index < -0.39 is 0 Å². The molecular formula is C17H26N4O5. The summed E-state index contributed by atoms with van der Waals surface area (Å²) in [5, 5.41) is 5.58. The van der Waals surface area contributed by atoms with Crippen molar-refractivity contribution in [2.75, 3.05) is 65.9 Å². The van der Waals surface area contributed by atoms with Crippen LogP contribution in [0.2, 0.25) is 0 Å². The van der Waals surface area contributed by atoms with Gasteiger partial charge in [0.05, 0.1) is 21.3 Å². The molecule has 1 aliphatic heterocycles. The van der Waals surface area contributed by atoms with Crippen molar-refractivity contribution in [1.29, 1.82) is 0 Å². The highest BCUT2D eigenvalue weighted by atomic mass is 16.5. The minimum Gasteiger partial charge on any atom is -0.497 e. The Labute approximate surface area is 153 Å². The number of amides is 3. The maximum atomic E-state index is 12.0. The second kappa shape index (κ2) is 9.71. The third kappa shape index (κ3) is 5.69. The molecule has 1 heterocycles. The van der Waals surface area contributed by atoms with Crippen LogP contribution in [-0.2, 0) is 4.74 Å². The summed E-state index contributed by atoms with van der Waals surface area (Å²) in [6.07, 6.45) is -0.295. The van der Waals surface area contributed by atoms with Crippen LogP contribution in [-0.4, -0.2) is 82.5 Å². The molecule has 0 saturated carbocycles. The van der Waals surface area contributed by atoms with E-state index in [0.717, 1.165) is 13.1 Å². The summed E-state index contributed by atoms with van der Waals surface area (Å²) in [6.45, 7) is 3.98. The molecule has 1 aliphatic rings. The van der Waals surface area contributed by atoms with Crippen LogP contribution in [0.5, 0.6) is 11.5 Å². The van der Waals surface area contributed by atoms with Gasteiger partial charge in [-0.2, -0.15) is 0 Å². The Bertz CT molecular complexity index is 595. The number of nitrogens with zero attached hydrogens (tertiary/aromatic N) is 2. The first kappa shape index (κ1) is 19.6. The monoisotopic (exact) mass is 366 g/mol. The molecule has 1 aromatic rings. The number of hydrogen-bond acceptors (Lipinski definition) is 6. The van der Waals surface area contributed by atoms with Gasteiger partial charge < -0.3 is 29.7 Å². The molecule has 0 radical (unpaired) electrons. The molecule has 1 saturated heterocycles. The maximum absolute atomic E-state index is 12.0. The quantitative estimate of drug-likeness (QED) is 0.786. The molecule has 1 fully saturated rings. The summed E-state index contributed by atoms with van der Waals surface area (Å²) in [7, 11) is 4.49. The summed E-state index contributed by atoms with van der Waals surface area (Å²) in [6, 6.07) is 4.87. The first-order chi connectivity index (χ1) is 12.5. The van der Waals surface area contributed by atoms with Gasteiger partial charge in [0.2, 0.25) is 0 Å². The third-order valence-electron chi connectivity index (χ3n) is 4.13. The van der Waals surface area contributed by atoms with Crippen LogP contribution < -0.4 is 20.1 Å². The Morgan fingerprint density at radius 3 is 2.15 bits per heavy atom. The Kier molecular flexibility index (Phi) is 7.34. The van der Waals surface area contributed by atoms with Gasteiger partial charge in [0.1, 0.15) is 11.5 Å². The highest BCUT2D eigenvalue weighted by Gasteiger charge is 2.21. The molecule has 144 valence electrons. The van der Waals surface area contributed by atoms with E-state index in [-0.39, 0.29) is 12.1 Å². The molecule has 1 aromatic carbocycles. The fraction of sp³-hybridized carbons (Fsp3) is 0.529. The average Bonchev–Trinajstić information content (AvgIpc) is 2.67. The fourth-order valence-electron chi connectivity index (χ4n) is 2.67. The van der Waals surface area contributed by atoms with Crippen LogP contribution in [0.25, 0.3) is 0 Å². The van der Waals surface area contributed by atoms with Gasteiger partial charge >= 0.3 is 12.1 Å². The van der Waals surface area contributed by atoms with Crippen LogP contribution in [0.4, 0.5) is 15.3 Å². The topological polar surface area (TPSA) is 92.4 Å². The summed E-state index contributed by atoms with van der Waals surface area (Å²) < 4.78 is 15.1. The van der Waals surface area contributed by atoms with Gasteiger partial charge in [-0.05, 0) is 0 Å². The molecule has 0 aliphatic carbocycles. The summed E-state index contributed by atoms with van der Waals surface area (Å²) >= 11 is 0. The number of ether oxygens (including phenoxy) is 3. The van der Waals surface area contributed by atoms with Gasteiger partial charge in [0.15, 0.2) is 0 Å². The lowest BCUT2D eigenvalue weighted by atomic mass is 10.3. The lowest BCUT2D eigenvalue weighted by Crippen LogP contribution is -2.50. The second-order valence-corrected chi connectivity index (χ2v) is 5.78. The lowest BCUT2D eigenvalue weighted by Gasteiger charge is -2.33. The van der Waals surface area contributed by atoms with E-state index in [4.69, 9.17) is 14.2 Å². The van der Waals surface area contributed by atoms with Crippen molar-refractivity contribution in [3.8, 4) is 11.5 Å². The van der Waals surface area contributed by atoms with Crippen molar-refractivity contribution in [2.24, 2.45) is 0 Å². The Balaban J connectivity index is 1.72. The molecule has 26 heavy (non-hydrogen) atoms. The Morgan fingerprint density at radius 2 is 1.62 bits per heavy atom. The Hall–Kier alpha value is -2.68. The normalized spacial score (nSPS) is 14.5. The zero-order valence-electron chi connectivity index (χ0n) is 15.4. The molecular weight excluding hydrogens is 340 g/mol. The molecule has 9 nitrogen and oxygen atoms in total. The van der Waals surface area contributed by atoms with Gasteiger partial charge in [0, 0.05) is 63.2 Å². The number of urea groups is 1. The Morgan fingerprint density at radius 1 is 1.00 bits per heavy atom. The molecule has 0 spiro atoms. The zero-order valence-corrected chi connectivity index (χ0v) is 15.4. The fourth-order valence-corrected chi connectivity index (χ4v) is 2.67. The number of methoxy groups -OCH3 is 3. The van der Waals surface area contributed by atoms with E-state index in [2.05, 4.69) is 15.5 Å². The van der Waals surface area contributed by atoms with Gasteiger partial charge in [-0.1, -0.05) is 0 Å². The molecule has 2 rings (SSSR count). The van der Waals surface area contributed by atoms with Crippen LogP contribution in [0.15, 0.2) is 18.2 Å². The summed E-state index contributed by atoms with van der Waals surface area (Å²) in [5.74, 6) is 1.20. The standard InChI is InChI=1S/C17H26N4O5/c1-24-14-10-13(11-15(12-14)25-2)19-16(22)18-4-5-20-6-8-21(9-7-20)17(23)26-3/h10-12H,4-9H2,1-3H3,(H2,18,19,22). The molecule has 2 N–H and O–H groups in total. The summed E-state index contributed by atoms with van der Waals surface area (Å²) in [5.41, 5.74) is 0.588. The van der Waals surface area contributed by atoms with E-state index in [0.29, 0.717) is 43.4 Å². The van der Waals surface area contributed by atoms with Gasteiger partial charge in [-0.3, -0.25) is 4.90 Å². The number of rotatable bonds is 6. The minimum atomic E-state index is -0.298. The number of anilines is 1. The molecule has 0 unspecified atom stereocenters. The molecule has 0 aromatic heterocycles. The van der Waals surface area contributed by atoms with Crippen LogP contribution >= 0.6 is 0 Å². The predicted octanol–water partition coefficient (Wildman–Crippen LogP) is 1.21. The van der Waals surface area contributed by atoms with Crippen molar-refractivity contribution in [3.63, 3.8) is 0 Å². The molecule has 3 amide bonds. The van der Waals surface area contributed by atoms with Crippen molar-refractivity contribution in [2.45, 2.75) is 0 Å². The number of piperazine rings is 1. The third-order valence-corrected chi connectivity index (χ3v) is 4.13. The van der Waals surface area contributed by atoms with E-state index in [1.807, 2.05) is 0 Å². The largest absolute Gasteiger partial charge is 0.497 e. The first-order valence-corrected chi connectivity index (χ1v) is 8.39. The number of benzene rings is 1. The molecule has 0 bridgehead atoms. The van der Waals surface area contributed by atoms with Crippen LogP contribution in [0, 0.1) is 0 Å². The van der Waals surface area contributed by atoms with Gasteiger partial charge in [-0.15, -0.1) is 0 Å². The summed E-state index contributed by atoms with van der Waals surface area (Å²) in [4.78, 5) is 27.3. The van der Waals surface area contributed by atoms with Crippen molar-refractivity contribution in [1.82, 2.24) is 15.1 Å². The van der Waals surface area contributed by atoms with Crippen molar-refractivity contribution < 1.29 is 23.8 Å². The minimum absolute atomic E-state index is 0.295. The SMILES string of the molecule is COC(=O)N1CCN(CCNC(=O)Nc2cc(OC)cc(OC)c2)CC1. The maximum Gasteiger partial charge on any atom is 0.409 e. The lowest BCUT2D eigenvalue weighted by molar-refractivity contribution is 0.0916. The highest BCUT2D eigenvalue weighted by Crippen LogP contribution is 2.25. The van der Waals surface area contributed by atoms with Crippen molar-refractivity contribution in [3.05, 3.63) is 18.2 Å². The second-order valence-electron chi connectivity index (χ2n) is 5.78. The van der Waals surface area contributed by atoms with E-state index in [9.17, 15) is 9.59 Å². The molecule has 9 heteroatoms. The number of carbonyl (C=O) groups is 2. The predicted molar refractivity (Wildman–Crippen MR) is 97.0 cm³/mol. The molecule has 0 atom stereocenters. The number of carbonyl (C=O) groups excluding carboxylic acids is 2. The first-order valence-electron chi connectivity index (χ1n) is 8.39. The van der Waals surface area contributed by atoms with E-state index in [1.165, 1.54) is 7.11 Å². The highest BCUT2D eigenvalue weighted by molar-refractivity contribution is 5.89. The van der Waals surface area contributed by atoms with E-state index >= 15 is 0 Å². The zero-order chi connectivity index (χ0) is 18.9. The van der Waals surface area contributed by atoms with Gasteiger partial charge in [0.25, 0.3) is 0 Å². The van der Waals surface area contributed by atoms with E-state index in [1.54, 1.807) is 37.3 Å². The van der Waals surface area contributed by atoms with Gasteiger partial charge in [-0.25, -0.2) is 9.59 Å². The smallest absolute Gasteiger partial charge is 0.409 e. The van der Waals surface area contributed by atoms with Crippen molar-refractivity contribution >= 4 is 17.8 Å². The van der Waals surface area contributed by atoms with Crippen LogP contribution in [0.3, 0.4) is 0 Å². The average molecular weight is 366 g/mol. The van der Waals surface area contributed by atoms with Crippen LogP contribution in [0.1, 0.15) is 0 Å².